The SMILES string of the molecule is NC(c1cccc(F)c1)c1cnc2ccccc2c1. The number of pyridine rings is 1. The third-order valence-corrected chi connectivity index (χ3v) is 3.18. The molecule has 0 saturated heterocycles. The van der Waals surface area contributed by atoms with Crippen molar-refractivity contribution in [2.75, 3.05) is 0 Å². The van der Waals surface area contributed by atoms with Crippen molar-refractivity contribution in [1.29, 1.82) is 0 Å². The standard InChI is InChI=1S/C16H13FN2/c17-14-6-3-5-12(9-14)16(18)13-8-11-4-1-2-7-15(11)19-10-13/h1-10,16H,18H2. The lowest BCUT2D eigenvalue weighted by atomic mass is 10.00. The molecule has 0 fully saturated rings. The highest BCUT2D eigenvalue weighted by Gasteiger charge is 2.10. The minimum Gasteiger partial charge on any atom is -0.320 e. The van der Waals surface area contributed by atoms with Crippen molar-refractivity contribution in [2.24, 2.45) is 5.73 Å². The monoisotopic (exact) mass is 252 g/mol. The van der Waals surface area contributed by atoms with E-state index in [4.69, 9.17) is 5.73 Å². The van der Waals surface area contributed by atoms with Crippen LogP contribution in [0.5, 0.6) is 0 Å². The predicted molar refractivity (Wildman–Crippen MR) is 74.2 cm³/mol. The van der Waals surface area contributed by atoms with Gasteiger partial charge in [0, 0.05) is 11.6 Å². The molecule has 19 heavy (non-hydrogen) atoms. The molecule has 0 radical (unpaired) electrons. The maximum atomic E-state index is 13.2. The summed E-state index contributed by atoms with van der Waals surface area (Å²) in [6.45, 7) is 0. The largest absolute Gasteiger partial charge is 0.320 e. The molecule has 0 spiro atoms. The van der Waals surface area contributed by atoms with Crippen molar-refractivity contribution in [1.82, 2.24) is 4.98 Å². The van der Waals surface area contributed by atoms with Crippen LogP contribution in [0, 0.1) is 5.82 Å². The van der Waals surface area contributed by atoms with Gasteiger partial charge in [-0.3, -0.25) is 4.98 Å². The zero-order valence-electron chi connectivity index (χ0n) is 10.3. The van der Waals surface area contributed by atoms with Gasteiger partial charge in [0.2, 0.25) is 0 Å². The Labute approximate surface area is 110 Å². The first-order valence-electron chi connectivity index (χ1n) is 6.10. The number of halogens is 1. The Morgan fingerprint density at radius 2 is 1.79 bits per heavy atom. The van der Waals surface area contributed by atoms with Crippen LogP contribution in [0.4, 0.5) is 4.39 Å². The van der Waals surface area contributed by atoms with E-state index in [1.54, 1.807) is 12.3 Å². The quantitative estimate of drug-likeness (QED) is 0.759. The van der Waals surface area contributed by atoms with E-state index in [9.17, 15) is 4.39 Å². The first-order valence-corrected chi connectivity index (χ1v) is 6.10. The minimum atomic E-state index is -0.368. The number of hydrogen-bond acceptors (Lipinski definition) is 2. The van der Waals surface area contributed by atoms with Gasteiger partial charge < -0.3 is 5.73 Å². The van der Waals surface area contributed by atoms with Gasteiger partial charge in [-0.25, -0.2) is 4.39 Å². The molecule has 1 heterocycles. The summed E-state index contributed by atoms with van der Waals surface area (Å²) in [4.78, 5) is 4.38. The number of benzene rings is 2. The van der Waals surface area contributed by atoms with Gasteiger partial charge in [-0.1, -0.05) is 30.3 Å². The molecule has 0 aliphatic carbocycles. The second kappa shape index (κ2) is 4.78. The lowest BCUT2D eigenvalue weighted by Crippen LogP contribution is -2.12. The molecule has 0 amide bonds. The van der Waals surface area contributed by atoms with Crippen molar-refractivity contribution >= 4 is 10.9 Å². The summed E-state index contributed by atoms with van der Waals surface area (Å²) < 4.78 is 13.2. The summed E-state index contributed by atoms with van der Waals surface area (Å²) in [7, 11) is 0. The first kappa shape index (κ1) is 11.8. The van der Waals surface area contributed by atoms with Crippen LogP contribution in [-0.2, 0) is 0 Å². The van der Waals surface area contributed by atoms with Gasteiger partial charge in [0.1, 0.15) is 5.82 Å². The highest BCUT2D eigenvalue weighted by Crippen LogP contribution is 2.22. The van der Waals surface area contributed by atoms with Gasteiger partial charge in [0.25, 0.3) is 0 Å². The summed E-state index contributed by atoms with van der Waals surface area (Å²) >= 11 is 0. The Morgan fingerprint density at radius 1 is 0.947 bits per heavy atom. The number of nitrogens with two attached hydrogens (primary N) is 1. The highest BCUT2D eigenvalue weighted by molar-refractivity contribution is 5.78. The first-order chi connectivity index (χ1) is 9.24. The topological polar surface area (TPSA) is 38.9 Å². The number of para-hydroxylation sites is 1. The van der Waals surface area contributed by atoms with Crippen molar-refractivity contribution in [3.63, 3.8) is 0 Å². The summed E-state index contributed by atoms with van der Waals surface area (Å²) in [6, 6.07) is 15.8. The van der Waals surface area contributed by atoms with Crippen molar-refractivity contribution in [3.8, 4) is 0 Å². The molecule has 0 bridgehead atoms. The van der Waals surface area contributed by atoms with Crippen LogP contribution >= 0.6 is 0 Å². The maximum Gasteiger partial charge on any atom is 0.123 e. The van der Waals surface area contributed by atoms with Crippen LogP contribution in [0.3, 0.4) is 0 Å². The molecular weight excluding hydrogens is 239 g/mol. The van der Waals surface area contributed by atoms with Crippen molar-refractivity contribution in [3.05, 3.63) is 77.7 Å². The molecule has 2 nitrogen and oxygen atoms in total. The molecule has 94 valence electrons. The zero-order valence-corrected chi connectivity index (χ0v) is 10.3. The average molecular weight is 252 g/mol. The lowest BCUT2D eigenvalue weighted by Gasteiger charge is -2.13. The second-order valence-electron chi connectivity index (χ2n) is 4.49. The van der Waals surface area contributed by atoms with Crippen LogP contribution in [0.2, 0.25) is 0 Å². The van der Waals surface area contributed by atoms with Gasteiger partial charge in [0.05, 0.1) is 11.6 Å². The van der Waals surface area contributed by atoms with Gasteiger partial charge >= 0.3 is 0 Å². The van der Waals surface area contributed by atoms with Crippen LogP contribution in [0.15, 0.2) is 60.8 Å². The number of nitrogens with zero attached hydrogens (tertiary/aromatic N) is 1. The van der Waals surface area contributed by atoms with Gasteiger partial charge in [0.15, 0.2) is 0 Å². The van der Waals surface area contributed by atoms with E-state index < -0.39 is 0 Å². The number of hydrogen-bond donors (Lipinski definition) is 1. The summed E-state index contributed by atoms with van der Waals surface area (Å²) in [6.07, 6.45) is 1.75. The summed E-state index contributed by atoms with van der Waals surface area (Å²) in [5, 5.41) is 1.03. The minimum absolute atomic E-state index is 0.276. The van der Waals surface area contributed by atoms with Crippen LogP contribution in [-0.4, -0.2) is 4.98 Å². The Balaban J connectivity index is 2.04. The molecule has 3 rings (SSSR count). The van der Waals surface area contributed by atoms with E-state index in [0.29, 0.717) is 0 Å². The molecule has 0 aliphatic rings. The summed E-state index contributed by atoms with van der Waals surface area (Å²) in [5.41, 5.74) is 8.72. The Hall–Kier alpha value is -2.26. The number of fused-ring (bicyclic) bond motifs is 1. The molecule has 1 aromatic heterocycles. The van der Waals surface area contributed by atoms with E-state index >= 15 is 0 Å². The lowest BCUT2D eigenvalue weighted by molar-refractivity contribution is 0.623. The van der Waals surface area contributed by atoms with E-state index in [0.717, 1.165) is 22.0 Å². The average Bonchev–Trinajstić information content (AvgIpc) is 2.46. The van der Waals surface area contributed by atoms with Crippen molar-refractivity contribution < 1.29 is 4.39 Å². The molecule has 3 heteroatoms. The molecule has 1 atom stereocenters. The normalized spacial score (nSPS) is 12.5. The molecule has 2 aromatic carbocycles. The van der Waals surface area contributed by atoms with Gasteiger partial charge in [-0.15, -0.1) is 0 Å². The fraction of sp³-hybridized carbons (Fsp3) is 0.0625. The van der Waals surface area contributed by atoms with Gasteiger partial charge in [-0.05, 0) is 35.4 Å². The van der Waals surface area contributed by atoms with Crippen LogP contribution < -0.4 is 5.73 Å². The molecule has 0 saturated carbocycles. The third-order valence-electron chi connectivity index (χ3n) is 3.18. The predicted octanol–water partition coefficient (Wildman–Crippen LogP) is 3.42. The molecule has 0 aliphatic heterocycles. The Bertz CT molecular complexity index is 725. The fourth-order valence-electron chi connectivity index (χ4n) is 2.15. The maximum absolute atomic E-state index is 13.2. The Morgan fingerprint density at radius 3 is 2.63 bits per heavy atom. The van der Waals surface area contributed by atoms with Crippen molar-refractivity contribution in [2.45, 2.75) is 6.04 Å². The molecule has 2 N–H and O–H groups in total. The molecular formula is C16H13FN2. The number of aromatic nitrogens is 1. The van der Waals surface area contributed by atoms with Crippen LogP contribution in [0.1, 0.15) is 17.2 Å². The highest BCUT2D eigenvalue weighted by atomic mass is 19.1. The van der Waals surface area contributed by atoms with E-state index in [1.807, 2.05) is 36.4 Å². The number of rotatable bonds is 2. The van der Waals surface area contributed by atoms with E-state index in [2.05, 4.69) is 4.98 Å². The molecule has 1 unspecified atom stereocenters. The third kappa shape index (κ3) is 2.33. The van der Waals surface area contributed by atoms with Crippen LogP contribution in [0.25, 0.3) is 10.9 Å². The zero-order chi connectivity index (χ0) is 13.2. The fourth-order valence-corrected chi connectivity index (χ4v) is 2.15. The van der Waals surface area contributed by atoms with E-state index in [1.165, 1.54) is 12.1 Å². The summed E-state index contributed by atoms with van der Waals surface area (Å²) in [5.74, 6) is -0.276. The smallest absolute Gasteiger partial charge is 0.123 e. The Kier molecular flexibility index (Phi) is 2.97. The van der Waals surface area contributed by atoms with Gasteiger partial charge in [-0.2, -0.15) is 0 Å². The van der Waals surface area contributed by atoms with E-state index in [-0.39, 0.29) is 11.9 Å². The second-order valence-corrected chi connectivity index (χ2v) is 4.49. The molecule has 3 aromatic rings.